The predicted molar refractivity (Wildman–Crippen MR) is 129 cm³/mol. The van der Waals surface area contributed by atoms with Gasteiger partial charge >= 0.3 is 0 Å². The van der Waals surface area contributed by atoms with Crippen LogP contribution in [0.2, 0.25) is 5.02 Å². The highest BCUT2D eigenvalue weighted by Crippen LogP contribution is 2.51. The fourth-order valence-corrected chi connectivity index (χ4v) is 6.17. The Balaban J connectivity index is 1.63. The smallest absolute Gasteiger partial charge is 0.274 e. The fourth-order valence-electron chi connectivity index (χ4n) is 5.98. The number of hydroxylamine groups is 2. The first-order valence-electron chi connectivity index (χ1n) is 12.1. The summed E-state index contributed by atoms with van der Waals surface area (Å²) < 4.78 is 29.9. The van der Waals surface area contributed by atoms with Gasteiger partial charge in [0.1, 0.15) is 27.8 Å². The Bertz CT molecular complexity index is 1380. The highest BCUT2D eigenvalue weighted by molar-refractivity contribution is 6.30. The Morgan fingerprint density at radius 1 is 1.27 bits per heavy atom. The average molecular weight is 537 g/mol. The van der Waals surface area contributed by atoms with Crippen molar-refractivity contribution in [3.63, 3.8) is 0 Å². The van der Waals surface area contributed by atoms with Crippen molar-refractivity contribution in [2.45, 2.75) is 63.9 Å². The second-order valence-electron chi connectivity index (χ2n) is 10.2. The maximum absolute atomic E-state index is 14.7. The van der Waals surface area contributed by atoms with Crippen molar-refractivity contribution < 1.29 is 28.3 Å². The summed E-state index contributed by atoms with van der Waals surface area (Å²) in [5, 5.41) is 11.7. The molecule has 0 radical (unpaired) electrons. The van der Waals surface area contributed by atoms with Gasteiger partial charge in [-0.05, 0) is 32.8 Å². The van der Waals surface area contributed by atoms with Crippen LogP contribution in [0.15, 0.2) is 23.1 Å². The first-order chi connectivity index (χ1) is 17.4. The predicted octanol–water partition coefficient (Wildman–Crippen LogP) is 2.97. The summed E-state index contributed by atoms with van der Waals surface area (Å²) >= 11 is 5.78. The number of rotatable bonds is 3. The lowest BCUT2D eigenvalue weighted by Crippen LogP contribution is -2.54. The van der Waals surface area contributed by atoms with Crippen molar-refractivity contribution in [2.75, 3.05) is 6.54 Å². The van der Waals surface area contributed by atoms with Crippen LogP contribution in [0.3, 0.4) is 0 Å². The molecule has 12 heteroatoms. The van der Waals surface area contributed by atoms with Gasteiger partial charge < -0.3 is 20.3 Å². The normalized spacial score (nSPS) is 29.5. The number of carbonyl (C=O) groups is 2. The summed E-state index contributed by atoms with van der Waals surface area (Å²) in [5.74, 6) is -4.29. The quantitative estimate of drug-likeness (QED) is 0.582. The molecular weight excluding hydrogens is 510 g/mol. The van der Waals surface area contributed by atoms with Crippen molar-refractivity contribution in [2.24, 2.45) is 11.7 Å². The first kappa shape index (κ1) is 25.6. The number of pyridine rings is 1. The lowest BCUT2D eigenvalue weighted by atomic mass is 9.76. The molecular formula is C25H27ClF2N4O5. The number of hydrogen-bond acceptors (Lipinski definition) is 6. The van der Waals surface area contributed by atoms with Crippen LogP contribution >= 0.6 is 11.6 Å². The Hall–Kier alpha value is -3.02. The summed E-state index contributed by atoms with van der Waals surface area (Å²) in [6, 6.07) is 1.35. The van der Waals surface area contributed by atoms with Crippen molar-refractivity contribution in [3.8, 4) is 5.75 Å². The van der Waals surface area contributed by atoms with Gasteiger partial charge in [-0.2, -0.15) is 5.06 Å². The van der Waals surface area contributed by atoms with E-state index in [0.29, 0.717) is 12.8 Å². The zero-order chi connectivity index (χ0) is 27.0. The number of benzene rings is 1. The largest absolute Gasteiger partial charge is 0.503 e. The lowest BCUT2D eigenvalue weighted by molar-refractivity contribution is -0.229. The van der Waals surface area contributed by atoms with E-state index in [9.17, 15) is 28.3 Å². The highest BCUT2D eigenvalue weighted by Gasteiger charge is 2.59. The number of carbonyl (C=O) groups excluding carboxylic acids is 2. The van der Waals surface area contributed by atoms with E-state index >= 15 is 0 Å². The standard InChI is InChI=1S/C25H27ClF2N4O5/c1-11-6-7-25(12(2)13(3)32(37-25)8-14-4-5-16(27)18(26)19(14)28)17-10-30(11)24(36)20-22(34)21(33)15(23(29)35)9-31(17)20/h4-5,9,11-13,17,34H,6-8,10H2,1-3H3,(H2,29,35)/t11-,12-,13?,17+,25-/m0/s1. The lowest BCUT2D eigenvalue weighted by Gasteiger charge is -2.44. The molecule has 3 aliphatic rings. The molecule has 2 amide bonds. The molecule has 0 saturated carbocycles. The van der Waals surface area contributed by atoms with Crippen molar-refractivity contribution >= 4 is 23.4 Å². The summed E-state index contributed by atoms with van der Waals surface area (Å²) in [6.45, 7) is 5.97. The number of nitrogens with two attached hydrogens (primary N) is 1. The number of fused-ring (bicyclic) bond motifs is 5. The number of primary amides is 1. The Labute approximate surface area is 216 Å². The molecule has 5 rings (SSSR count). The van der Waals surface area contributed by atoms with Gasteiger partial charge in [-0.3, -0.25) is 19.2 Å². The summed E-state index contributed by atoms with van der Waals surface area (Å²) in [5.41, 5.74) is 2.94. The second-order valence-corrected chi connectivity index (χ2v) is 10.6. The zero-order valence-corrected chi connectivity index (χ0v) is 21.3. The molecule has 2 saturated heterocycles. The van der Waals surface area contributed by atoms with E-state index < -0.39 is 56.9 Å². The minimum absolute atomic E-state index is 0.0151. The van der Waals surface area contributed by atoms with E-state index in [2.05, 4.69) is 0 Å². The van der Waals surface area contributed by atoms with Crippen molar-refractivity contribution in [1.29, 1.82) is 0 Å². The molecule has 2 aromatic rings. The number of aromatic nitrogens is 1. The van der Waals surface area contributed by atoms with E-state index in [1.165, 1.54) is 16.8 Å². The Kier molecular flexibility index (Phi) is 6.08. The van der Waals surface area contributed by atoms with Crippen LogP contribution in [0.5, 0.6) is 5.75 Å². The molecule has 3 N–H and O–H groups in total. The Morgan fingerprint density at radius 2 is 1.97 bits per heavy atom. The third-order valence-electron chi connectivity index (χ3n) is 8.37. The van der Waals surface area contributed by atoms with Gasteiger partial charge in [0.15, 0.2) is 11.4 Å². The van der Waals surface area contributed by atoms with E-state index in [0.717, 1.165) is 6.07 Å². The van der Waals surface area contributed by atoms with Crippen LogP contribution in [-0.2, 0) is 11.4 Å². The molecule has 2 fully saturated rings. The minimum atomic E-state index is -1.03. The minimum Gasteiger partial charge on any atom is -0.503 e. The molecule has 3 aliphatic heterocycles. The fraction of sp³-hybridized carbons (Fsp3) is 0.480. The first-order valence-corrected chi connectivity index (χ1v) is 12.4. The third kappa shape index (κ3) is 3.66. The highest BCUT2D eigenvalue weighted by atomic mass is 35.5. The second kappa shape index (κ2) is 8.78. The van der Waals surface area contributed by atoms with Crippen molar-refractivity contribution in [3.05, 3.63) is 62.0 Å². The van der Waals surface area contributed by atoms with Crippen molar-refractivity contribution in [1.82, 2.24) is 14.5 Å². The van der Waals surface area contributed by atoms with E-state index in [-0.39, 0.29) is 42.3 Å². The van der Waals surface area contributed by atoms with Gasteiger partial charge in [-0.25, -0.2) is 8.78 Å². The summed E-state index contributed by atoms with van der Waals surface area (Å²) in [7, 11) is 0. The molecule has 1 unspecified atom stereocenters. The van der Waals surface area contributed by atoms with Crippen LogP contribution in [0.4, 0.5) is 8.78 Å². The average Bonchev–Trinajstić information content (AvgIpc) is 3.01. The molecule has 4 heterocycles. The topological polar surface area (TPSA) is 118 Å². The molecule has 5 atom stereocenters. The van der Waals surface area contributed by atoms with Crippen LogP contribution in [0.1, 0.15) is 66.1 Å². The zero-order valence-electron chi connectivity index (χ0n) is 20.5. The van der Waals surface area contributed by atoms with Gasteiger partial charge in [0.2, 0.25) is 5.43 Å². The number of amides is 2. The Morgan fingerprint density at radius 3 is 2.65 bits per heavy atom. The van der Waals surface area contributed by atoms with E-state index in [1.54, 1.807) is 9.96 Å². The van der Waals surface area contributed by atoms with Crippen LogP contribution < -0.4 is 11.2 Å². The molecule has 1 aromatic heterocycles. The number of aromatic hydroxyl groups is 1. The van der Waals surface area contributed by atoms with Crippen LogP contribution in [-0.4, -0.2) is 55.7 Å². The molecule has 2 bridgehead atoms. The van der Waals surface area contributed by atoms with Crippen LogP contribution in [0, 0.1) is 17.6 Å². The van der Waals surface area contributed by atoms with Gasteiger partial charge in [0.05, 0.1) is 12.6 Å². The van der Waals surface area contributed by atoms with Gasteiger partial charge in [0, 0.05) is 36.3 Å². The summed E-state index contributed by atoms with van der Waals surface area (Å²) in [4.78, 5) is 46.2. The number of nitrogens with zero attached hydrogens (tertiary/aromatic N) is 3. The molecule has 0 aliphatic carbocycles. The maximum Gasteiger partial charge on any atom is 0.274 e. The third-order valence-corrected chi connectivity index (χ3v) is 8.72. The molecule has 198 valence electrons. The maximum atomic E-state index is 14.7. The van der Waals surface area contributed by atoms with E-state index in [1.807, 2.05) is 20.8 Å². The van der Waals surface area contributed by atoms with E-state index in [4.69, 9.17) is 22.2 Å². The monoisotopic (exact) mass is 536 g/mol. The van der Waals surface area contributed by atoms with Crippen LogP contribution in [0.25, 0.3) is 0 Å². The molecule has 1 spiro atoms. The van der Waals surface area contributed by atoms with Gasteiger partial charge in [0.25, 0.3) is 11.8 Å². The molecule has 9 nitrogen and oxygen atoms in total. The molecule has 37 heavy (non-hydrogen) atoms. The van der Waals surface area contributed by atoms with Gasteiger partial charge in [-0.15, -0.1) is 0 Å². The molecule has 1 aromatic carbocycles. The number of hydrogen-bond donors (Lipinski definition) is 2. The summed E-state index contributed by atoms with van der Waals surface area (Å²) in [6.07, 6.45) is 2.28. The number of halogens is 3. The van der Waals surface area contributed by atoms with Gasteiger partial charge in [-0.1, -0.05) is 24.6 Å². The SMILES string of the molecule is CC1[C@H](C)[C@]2(CC[C@H](C)N3C[C@H]2n2cc(C(N)=O)c(=O)c(O)c2C3=O)ON1Cc1ccc(F)c(Cl)c1F.